The van der Waals surface area contributed by atoms with Crippen LogP contribution < -0.4 is 0 Å². The van der Waals surface area contributed by atoms with Crippen molar-refractivity contribution in [3.8, 4) is 0 Å². The van der Waals surface area contributed by atoms with Gasteiger partial charge in [0, 0.05) is 0 Å². The maximum atomic E-state index is 11.5. The Morgan fingerprint density at radius 1 is 1.41 bits per heavy atom. The van der Waals surface area contributed by atoms with E-state index in [1.54, 1.807) is 30.3 Å². The first-order valence-corrected chi connectivity index (χ1v) is 6.24. The Morgan fingerprint density at radius 3 is 2.65 bits per heavy atom. The third kappa shape index (κ3) is 2.11. The van der Waals surface area contributed by atoms with E-state index in [9.17, 15) is 13.2 Å². The lowest BCUT2D eigenvalue weighted by Crippen LogP contribution is -2.34. The van der Waals surface area contributed by atoms with Gasteiger partial charge in [0.05, 0.1) is 13.7 Å². The Hall–Kier alpha value is -1.60. The van der Waals surface area contributed by atoms with E-state index in [-0.39, 0.29) is 6.61 Å². The second-order valence-corrected chi connectivity index (χ2v) is 4.92. The van der Waals surface area contributed by atoms with Crippen LogP contribution in [-0.4, -0.2) is 32.5 Å². The Morgan fingerprint density at radius 2 is 2.06 bits per heavy atom. The SMILES string of the molecule is COC(=O)N1C(c2ccccc2)COS1(=O)=O. The fourth-order valence-electron chi connectivity index (χ4n) is 1.65. The zero-order chi connectivity index (χ0) is 12.5. The molecule has 17 heavy (non-hydrogen) atoms. The van der Waals surface area contributed by atoms with Crippen LogP contribution in [0, 0.1) is 0 Å². The summed E-state index contributed by atoms with van der Waals surface area (Å²) in [6.45, 7) is -0.0958. The van der Waals surface area contributed by atoms with Gasteiger partial charge in [-0.15, -0.1) is 0 Å². The fraction of sp³-hybridized carbons (Fsp3) is 0.300. The Kier molecular flexibility index (Phi) is 3.03. The van der Waals surface area contributed by atoms with Gasteiger partial charge in [-0.05, 0) is 5.56 Å². The number of hydrogen-bond donors (Lipinski definition) is 0. The van der Waals surface area contributed by atoms with Gasteiger partial charge in [-0.25, -0.2) is 4.79 Å². The Bertz CT molecular complexity index is 513. The van der Waals surface area contributed by atoms with Crippen LogP contribution in [0.2, 0.25) is 0 Å². The molecule has 0 radical (unpaired) electrons. The second-order valence-electron chi connectivity index (χ2n) is 3.43. The summed E-state index contributed by atoms with van der Waals surface area (Å²) in [7, 11) is -2.91. The van der Waals surface area contributed by atoms with Crippen molar-refractivity contribution in [1.29, 1.82) is 0 Å². The van der Waals surface area contributed by atoms with E-state index in [4.69, 9.17) is 0 Å². The molecule has 1 heterocycles. The number of rotatable bonds is 1. The maximum Gasteiger partial charge on any atom is 0.425 e. The van der Waals surface area contributed by atoms with Crippen molar-refractivity contribution in [2.75, 3.05) is 13.7 Å². The van der Waals surface area contributed by atoms with Crippen molar-refractivity contribution >= 4 is 16.4 Å². The molecule has 0 spiro atoms. The van der Waals surface area contributed by atoms with Crippen LogP contribution in [0.3, 0.4) is 0 Å². The van der Waals surface area contributed by atoms with Crippen molar-refractivity contribution in [2.24, 2.45) is 0 Å². The molecule has 0 aromatic heterocycles. The lowest BCUT2D eigenvalue weighted by Gasteiger charge is -2.19. The molecule has 1 saturated heterocycles. The van der Waals surface area contributed by atoms with Crippen LogP contribution in [0.5, 0.6) is 0 Å². The molecule has 0 saturated carbocycles. The predicted molar refractivity (Wildman–Crippen MR) is 58.3 cm³/mol. The van der Waals surface area contributed by atoms with Gasteiger partial charge in [0.1, 0.15) is 6.04 Å². The van der Waals surface area contributed by atoms with Gasteiger partial charge in [0.15, 0.2) is 0 Å². The number of amides is 1. The van der Waals surface area contributed by atoms with Gasteiger partial charge in [-0.2, -0.15) is 12.7 Å². The molecule has 1 fully saturated rings. The molecule has 92 valence electrons. The van der Waals surface area contributed by atoms with Crippen LogP contribution in [0.25, 0.3) is 0 Å². The third-order valence-electron chi connectivity index (χ3n) is 2.44. The Labute approximate surface area is 99.0 Å². The number of benzene rings is 1. The predicted octanol–water partition coefficient (Wildman–Crippen LogP) is 1.07. The lowest BCUT2D eigenvalue weighted by molar-refractivity contribution is 0.142. The maximum absolute atomic E-state index is 11.5. The number of ether oxygens (including phenoxy) is 1. The molecule has 1 aromatic carbocycles. The van der Waals surface area contributed by atoms with E-state index in [0.29, 0.717) is 9.87 Å². The number of nitrogens with zero attached hydrogens (tertiary/aromatic N) is 1. The van der Waals surface area contributed by atoms with Gasteiger partial charge < -0.3 is 4.74 Å². The van der Waals surface area contributed by atoms with Crippen molar-refractivity contribution in [3.05, 3.63) is 35.9 Å². The molecular weight excluding hydrogens is 246 g/mol. The van der Waals surface area contributed by atoms with Crippen LogP contribution in [0.1, 0.15) is 11.6 Å². The molecule has 1 aliphatic heterocycles. The highest BCUT2D eigenvalue weighted by molar-refractivity contribution is 7.85. The third-order valence-corrected chi connectivity index (χ3v) is 3.76. The normalized spacial score (nSPS) is 22.4. The average Bonchev–Trinajstić information content (AvgIpc) is 2.65. The fourth-order valence-corrected chi connectivity index (χ4v) is 2.81. The van der Waals surface area contributed by atoms with Crippen molar-refractivity contribution in [1.82, 2.24) is 4.31 Å². The van der Waals surface area contributed by atoms with E-state index in [1.165, 1.54) is 0 Å². The first-order valence-electron chi connectivity index (χ1n) is 4.88. The topological polar surface area (TPSA) is 72.9 Å². The lowest BCUT2D eigenvalue weighted by atomic mass is 10.1. The molecule has 2 rings (SSSR count). The smallest absolute Gasteiger partial charge is 0.425 e. The van der Waals surface area contributed by atoms with Crippen LogP contribution in [0.4, 0.5) is 4.79 Å². The molecule has 0 N–H and O–H groups in total. The number of methoxy groups -OCH3 is 1. The number of carbonyl (C=O) groups excluding carboxylic acids is 1. The molecule has 1 aromatic rings. The summed E-state index contributed by atoms with van der Waals surface area (Å²) in [5.74, 6) is 0. The van der Waals surface area contributed by atoms with Gasteiger partial charge >= 0.3 is 16.4 Å². The molecule has 1 amide bonds. The minimum Gasteiger partial charge on any atom is -0.452 e. The van der Waals surface area contributed by atoms with Crippen molar-refractivity contribution < 1.29 is 22.1 Å². The number of carbonyl (C=O) groups is 1. The highest BCUT2D eigenvalue weighted by Crippen LogP contribution is 2.31. The minimum atomic E-state index is -4.04. The standard InChI is InChI=1S/C10H11NO5S/c1-15-10(12)11-9(7-16-17(11,13)14)8-5-3-2-4-6-8/h2-6,9H,7H2,1H3. The van der Waals surface area contributed by atoms with E-state index in [2.05, 4.69) is 8.92 Å². The average molecular weight is 257 g/mol. The molecular formula is C10H11NO5S. The monoisotopic (exact) mass is 257 g/mol. The second kappa shape index (κ2) is 4.34. The Balaban J connectivity index is 2.39. The van der Waals surface area contributed by atoms with E-state index < -0.39 is 22.4 Å². The van der Waals surface area contributed by atoms with E-state index in [0.717, 1.165) is 7.11 Å². The summed E-state index contributed by atoms with van der Waals surface area (Å²) in [6.07, 6.45) is -0.948. The van der Waals surface area contributed by atoms with E-state index >= 15 is 0 Å². The quantitative estimate of drug-likeness (QED) is 0.752. The molecule has 0 bridgehead atoms. The van der Waals surface area contributed by atoms with Crippen LogP contribution in [-0.2, 0) is 19.2 Å². The largest absolute Gasteiger partial charge is 0.452 e. The zero-order valence-corrected chi connectivity index (χ0v) is 9.88. The zero-order valence-electron chi connectivity index (χ0n) is 9.07. The van der Waals surface area contributed by atoms with Crippen LogP contribution >= 0.6 is 0 Å². The molecule has 1 aliphatic rings. The van der Waals surface area contributed by atoms with E-state index in [1.807, 2.05) is 0 Å². The van der Waals surface area contributed by atoms with Gasteiger partial charge in [0.2, 0.25) is 0 Å². The minimum absolute atomic E-state index is 0.0958. The summed E-state index contributed by atoms with van der Waals surface area (Å²) in [5, 5.41) is 0. The molecule has 0 aliphatic carbocycles. The van der Waals surface area contributed by atoms with Gasteiger partial charge in [0.25, 0.3) is 0 Å². The van der Waals surface area contributed by atoms with Gasteiger partial charge in [-0.3, -0.25) is 4.18 Å². The van der Waals surface area contributed by atoms with Crippen molar-refractivity contribution in [2.45, 2.75) is 6.04 Å². The first-order chi connectivity index (χ1) is 8.06. The van der Waals surface area contributed by atoms with Crippen LogP contribution in [0.15, 0.2) is 30.3 Å². The highest BCUT2D eigenvalue weighted by atomic mass is 32.2. The first kappa shape index (κ1) is 11.9. The summed E-state index contributed by atoms with van der Waals surface area (Å²) < 4.78 is 32.8. The summed E-state index contributed by atoms with van der Waals surface area (Å²) >= 11 is 0. The summed E-state index contributed by atoms with van der Waals surface area (Å²) in [4.78, 5) is 11.5. The molecule has 7 heteroatoms. The number of hydrogen-bond acceptors (Lipinski definition) is 5. The summed E-state index contributed by atoms with van der Waals surface area (Å²) in [6, 6.07) is 8.10. The summed E-state index contributed by atoms with van der Waals surface area (Å²) in [5.41, 5.74) is 0.680. The van der Waals surface area contributed by atoms with Gasteiger partial charge in [-0.1, -0.05) is 30.3 Å². The van der Waals surface area contributed by atoms with Crippen molar-refractivity contribution in [3.63, 3.8) is 0 Å². The molecule has 1 atom stereocenters. The highest BCUT2D eigenvalue weighted by Gasteiger charge is 2.44. The molecule has 1 unspecified atom stereocenters. The molecule has 6 nitrogen and oxygen atoms in total.